The summed E-state index contributed by atoms with van der Waals surface area (Å²) in [6, 6.07) is 0. The van der Waals surface area contributed by atoms with E-state index >= 15 is 0 Å². The van der Waals surface area contributed by atoms with Gasteiger partial charge in [-0.3, -0.25) is 9.59 Å². The molecule has 0 N–H and O–H groups in total. The molecule has 1 aliphatic carbocycles. The van der Waals surface area contributed by atoms with Crippen LogP contribution in [0.1, 0.15) is 52.9 Å². The minimum Gasteiger partial charge on any atom is -0.468 e. The van der Waals surface area contributed by atoms with Crippen molar-refractivity contribution in [2.75, 3.05) is 13.7 Å². The van der Waals surface area contributed by atoms with Crippen molar-refractivity contribution in [3.05, 3.63) is 0 Å². The van der Waals surface area contributed by atoms with Crippen LogP contribution in [0.3, 0.4) is 0 Å². The Morgan fingerprint density at radius 2 is 1.84 bits per heavy atom. The van der Waals surface area contributed by atoms with E-state index in [0.29, 0.717) is 31.8 Å². The molecule has 0 aromatic rings. The standard InChI is InChI=1S/C15H26O4/c1-5-12(14(17)18-4)13(16)15(19-6-2)9-7-11(3)8-10-15/h11-12H,5-10H2,1-4H3. The zero-order chi connectivity index (χ0) is 14.5. The topological polar surface area (TPSA) is 52.6 Å². The Labute approximate surface area is 115 Å². The second kappa shape index (κ2) is 7.04. The van der Waals surface area contributed by atoms with Crippen molar-refractivity contribution in [3.8, 4) is 0 Å². The molecule has 19 heavy (non-hydrogen) atoms. The smallest absolute Gasteiger partial charge is 0.316 e. The molecule has 0 aromatic carbocycles. The number of ether oxygens (including phenoxy) is 2. The Morgan fingerprint density at radius 3 is 2.26 bits per heavy atom. The number of hydrogen-bond donors (Lipinski definition) is 0. The van der Waals surface area contributed by atoms with E-state index in [1.54, 1.807) is 0 Å². The van der Waals surface area contributed by atoms with Crippen molar-refractivity contribution in [2.24, 2.45) is 11.8 Å². The van der Waals surface area contributed by atoms with Crippen LogP contribution in [-0.4, -0.2) is 31.1 Å². The van der Waals surface area contributed by atoms with Gasteiger partial charge in [0.05, 0.1) is 7.11 Å². The van der Waals surface area contributed by atoms with Crippen LogP contribution >= 0.6 is 0 Å². The molecule has 1 unspecified atom stereocenters. The van der Waals surface area contributed by atoms with Gasteiger partial charge in [0.2, 0.25) is 0 Å². The predicted octanol–water partition coefficient (Wildman–Crippen LogP) is 2.74. The number of Topliss-reactive ketones (excluding diaryl/α,β-unsaturated/α-hetero) is 1. The average Bonchev–Trinajstić information content (AvgIpc) is 2.42. The molecule has 4 nitrogen and oxygen atoms in total. The largest absolute Gasteiger partial charge is 0.468 e. The summed E-state index contributed by atoms with van der Waals surface area (Å²) < 4.78 is 10.5. The van der Waals surface area contributed by atoms with Crippen LogP contribution in [0.2, 0.25) is 0 Å². The number of rotatable bonds is 6. The highest BCUT2D eigenvalue weighted by molar-refractivity contribution is 6.03. The zero-order valence-electron chi connectivity index (χ0n) is 12.5. The van der Waals surface area contributed by atoms with Crippen LogP contribution in [0.15, 0.2) is 0 Å². The quantitative estimate of drug-likeness (QED) is 0.550. The Morgan fingerprint density at radius 1 is 1.26 bits per heavy atom. The van der Waals surface area contributed by atoms with Crippen LogP contribution in [-0.2, 0) is 19.1 Å². The fourth-order valence-electron chi connectivity index (χ4n) is 2.89. The summed E-state index contributed by atoms with van der Waals surface area (Å²) in [5.41, 5.74) is -0.768. The number of esters is 1. The highest BCUT2D eigenvalue weighted by atomic mass is 16.5. The Kier molecular flexibility index (Phi) is 5.98. The molecule has 1 saturated carbocycles. The van der Waals surface area contributed by atoms with Crippen LogP contribution in [0, 0.1) is 11.8 Å². The van der Waals surface area contributed by atoms with E-state index in [1.807, 2.05) is 13.8 Å². The lowest BCUT2D eigenvalue weighted by Gasteiger charge is -2.39. The maximum Gasteiger partial charge on any atom is 0.316 e. The van der Waals surface area contributed by atoms with Crippen molar-refractivity contribution >= 4 is 11.8 Å². The molecule has 1 aliphatic rings. The third kappa shape index (κ3) is 3.56. The van der Waals surface area contributed by atoms with E-state index in [9.17, 15) is 9.59 Å². The van der Waals surface area contributed by atoms with Gasteiger partial charge in [0.25, 0.3) is 0 Å². The molecule has 0 aliphatic heterocycles. The van der Waals surface area contributed by atoms with Crippen LogP contribution < -0.4 is 0 Å². The van der Waals surface area contributed by atoms with E-state index in [0.717, 1.165) is 12.8 Å². The van der Waals surface area contributed by atoms with E-state index < -0.39 is 17.5 Å². The predicted molar refractivity (Wildman–Crippen MR) is 72.8 cm³/mol. The van der Waals surface area contributed by atoms with Gasteiger partial charge in [-0.25, -0.2) is 0 Å². The molecule has 0 spiro atoms. The molecule has 0 amide bonds. The minimum atomic E-state index is -0.768. The van der Waals surface area contributed by atoms with Crippen molar-refractivity contribution in [3.63, 3.8) is 0 Å². The van der Waals surface area contributed by atoms with Crippen molar-refractivity contribution in [2.45, 2.75) is 58.5 Å². The summed E-state index contributed by atoms with van der Waals surface area (Å²) in [6.45, 7) is 6.42. The van der Waals surface area contributed by atoms with Gasteiger partial charge in [0.1, 0.15) is 11.5 Å². The second-order valence-electron chi connectivity index (χ2n) is 5.46. The van der Waals surface area contributed by atoms with E-state index in [2.05, 4.69) is 6.92 Å². The van der Waals surface area contributed by atoms with Gasteiger partial charge in [-0.15, -0.1) is 0 Å². The maximum atomic E-state index is 12.7. The highest BCUT2D eigenvalue weighted by Gasteiger charge is 2.46. The van der Waals surface area contributed by atoms with Crippen LogP contribution in [0.4, 0.5) is 0 Å². The molecule has 0 saturated heterocycles. The number of ketones is 1. The molecule has 1 fully saturated rings. The van der Waals surface area contributed by atoms with Gasteiger partial charge >= 0.3 is 5.97 Å². The first kappa shape index (κ1) is 16.2. The molecule has 0 bridgehead atoms. The lowest BCUT2D eigenvalue weighted by molar-refractivity contribution is -0.163. The minimum absolute atomic E-state index is 0.0874. The van der Waals surface area contributed by atoms with Gasteiger partial charge in [0, 0.05) is 6.61 Å². The summed E-state index contributed by atoms with van der Waals surface area (Å²) in [4.78, 5) is 24.5. The maximum absolute atomic E-state index is 12.7. The molecular formula is C15H26O4. The summed E-state index contributed by atoms with van der Waals surface area (Å²) in [6.07, 6.45) is 3.85. The molecule has 0 radical (unpaired) electrons. The number of hydrogen-bond acceptors (Lipinski definition) is 4. The Hall–Kier alpha value is -0.900. The average molecular weight is 270 g/mol. The third-order valence-electron chi connectivity index (χ3n) is 4.16. The van der Waals surface area contributed by atoms with Gasteiger partial charge < -0.3 is 9.47 Å². The van der Waals surface area contributed by atoms with E-state index in [1.165, 1.54) is 7.11 Å². The number of carbonyl (C=O) groups is 2. The number of methoxy groups -OCH3 is 1. The third-order valence-corrected chi connectivity index (χ3v) is 4.16. The first-order valence-electron chi connectivity index (χ1n) is 7.26. The lowest BCUT2D eigenvalue weighted by Crippen LogP contribution is -2.49. The molecule has 0 aromatic heterocycles. The molecule has 1 atom stereocenters. The fraction of sp³-hybridized carbons (Fsp3) is 0.867. The van der Waals surface area contributed by atoms with Crippen LogP contribution in [0.25, 0.3) is 0 Å². The van der Waals surface area contributed by atoms with Gasteiger partial charge in [0.15, 0.2) is 5.78 Å². The van der Waals surface area contributed by atoms with Gasteiger partial charge in [-0.05, 0) is 44.9 Å². The van der Waals surface area contributed by atoms with E-state index in [4.69, 9.17) is 9.47 Å². The molecule has 0 heterocycles. The molecule has 110 valence electrons. The normalized spacial score (nSPS) is 28.7. The summed E-state index contributed by atoms with van der Waals surface area (Å²) in [5, 5.41) is 0. The first-order valence-corrected chi connectivity index (χ1v) is 7.26. The van der Waals surface area contributed by atoms with Crippen LogP contribution in [0.5, 0.6) is 0 Å². The number of carbonyl (C=O) groups excluding carboxylic acids is 2. The summed E-state index contributed by atoms with van der Waals surface area (Å²) in [7, 11) is 1.33. The lowest BCUT2D eigenvalue weighted by atomic mass is 9.73. The van der Waals surface area contributed by atoms with Crippen molar-refractivity contribution in [1.82, 2.24) is 0 Å². The second-order valence-corrected chi connectivity index (χ2v) is 5.46. The SMILES string of the molecule is CCOC1(C(=O)C(CC)C(=O)OC)CCC(C)CC1. The zero-order valence-corrected chi connectivity index (χ0v) is 12.5. The molecule has 1 rings (SSSR count). The van der Waals surface area contributed by atoms with Crippen molar-refractivity contribution < 1.29 is 19.1 Å². The Bertz CT molecular complexity index is 316. The fourth-order valence-corrected chi connectivity index (χ4v) is 2.89. The van der Waals surface area contributed by atoms with Gasteiger partial charge in [-0.1, -0.05) is 13.8 Å². The van der Waals surface area contributed by atoms with Crippen molar-refractivity contribution in [1.29, 1.82) is 0 Å². The molecule has 4 heteroatoms. The molecular weight excluding hydrogens is 244 g/mol. The monoisotopic (exact) mass is 270 g/mol. The highest BCUT2D eigenvalue weighted by Crippen LogP contribution is 2.37. The van der Waals surface area contributed by atoms with E-state index in [-0.39, 0.29) is 5.78 Å². The van der Waals surface area contributed by atoms with Gasteiger partial charge in [-0.2, -0.15) is 0 Å². The Balaban J connectivity index is 2.91. The summed E-state index contributed by atoms with van der Waals surface area (Å²) in [5.74, 6) is -0.592. The summed E-state index contributed by atoms with van der Waals surface area (Å²) >= 11 is 0. The first-order chi connectivity index (χ1) is 9.00.